The summed E-state index contributed by atoms with van der Waals surface area (Å²) in [5.74, 6) is -1.14. The van der Waals surface area contributed by atoms with Crippen molar-refractivity contribution in [2.75, 3.05) is 13.6 Å². The number of likely N-dealkylation sites (N-methyl/N-ethyl adjacent to an activating group) is 1. The zero-order valence-corrected chi connectivity index (χ0v) is 17.2. The van der Waals surface area contributed by atoms with Crippen LogP contribution in [0.3, 0.4) is 0 Å². The maximum absolute atomic E-state index is 12.5. The third kappa shape index (κ3) is 5.12. The Kier molecular flexibility index (Phi) is 6.68. The van der Waals surface area contributed by atoms with Gasteiger partial charge in [0.05, 0.1) is 22.1 Å². The first-order valence-electron chi connectivity index (χ1n) is 8.23. The standard InChI is InChI=1S/C17H22N4O4S2/c1-5-15-18-12(3)16(26-15)17(23)20-19-14(22)10-21(4)27(24,25)13-8-6-11(2)7-9-13/h6-9H,5,10H2,1-4H3,(H,19,22)(H,20,23). The minimum absolute atomic E-state index is 0.0971. The Balaban J connectivity index is 1.95. The van der Waals surface area contributed by atoms with E-state index in [1.807, 2.05) is 13.8 Å². The largest absolute Gasteiger partial charge is 0.281 e. The number of hydrazine groups is 1. The molecule has 8 nitrogen and oxygen atoms in total. The van der Waals surface area contributed by atoms with Crippen LogP contribution in [0.5, 0.6) is 0 Å². The van der Waals surface area contributed by atoms with E-state index in [1.165, 1.54) is 30.5 Å². The monoisotopic (exact) mass is 410 g/mol. The Bertz CT molecular complexity index is 936. The second-order valence-electron chi connectivity index (χ2n) is 5.95. The van der Waals surface area contributed by atoms with E-state index in [1.54, 1.807) is 19.1 Å². The Morgan fingerprint density at radius 1 is 1.15 bits per heavy atom. The predicted molar refractivity (Wildman–Crippen MR) is 103 cm³/mol. The van der Waals surface area contributed by atoms with Gasteiger partial charge in [0.2, 0.25) is 10.0 Å². The Morgan fingerprint density at radius 3 is 2.33 bits per heavy atom. The minimum atomic E-state index is -3.80. The summed E-state index contributed by atoms with van der Waals surface area (Å²) in [4.78, 5) is 28.9. The fraction of sp³-hybridized carbons (Fsp3) is 0.353. The van der Waals surface area contributed by atoms with Crippen LogP contribution in [0.1, 0.15) is 32.9 Å². The molecule has 0 fully saturated rings. The van der Waals surface area contributed by atoms with Crippen molar-refractivity contribution >= 4 is 33.2 Å². The fourth-order valence-corrected chi connectivity index (χ4v) is 4.24. The van der Waals surface area contributed by atoms with Gasteiger partial charge >= 0.3 is 0 Å². The summed E-state index contributed by atoms with van der Waals surface area (Å²) in [6.07, 6.45) is 0.715. The Morgan fingerprint density at radius 2 is 1.78 bits per heavy atom. The number of aromatic nitrogens is 1. The lowest BCUT2D eigenvalue weighted by Gasteiger charge is -2.17. The molecule has 0 aliphatic rings. The molecule has 1 aromatic carbocycles. The van der Waals surface area contributed by atoms with Crippen LogP contribution in [0, 0.1) is 13.8 Å². The molecular weight excluding hydrogens is 388 g/mol. The normalized spacial score (nSPS) is 11.4. The SMILES string of the molecule is CCc1nc(C)c(C(=O)NNC(=O)CN(C)S(=O)(=O)c2ccc(C)cc2)s1. The number of rotatable bonds is 6. The van der Waals surface area contributed by atoms with Gasteiger partial charge in [-0.05, 0) is 32.4 Å². The van der Waals surface area contributed by atoms with Crippen LogP contribution >= 0.6 is 11.3 Å². The van der Waals surface area contributed by atoms with E-state index in [0.29, 0.717) is 17.0 Å². The summed E-state index contributed by atoms with van der Waals surface area (Å²) in [6.45, 7) is 5.07. The zero-order chi connectivity index (χ0) is 20.2. The zero-order valence-electron chi connectivity index (χ0n) is 15.6. The topological polar surface area (TPSA) is 108 Å². The van der Waals surface area contributed by atoms with Gasteiger partial charge in [-0.3, -0.25) is 20.4 Å². The molecule has 1 aromatic heterocycles. The van der Waals surface area contributed by atoms with E-state index in [2.05, 4.69) is 15.8 Å². The number of aryl methyl sites for hydroxylation is 3. The van der Waals surface area contributed by atoms with Crippen molar-refractivity contribution in [1.29, 1.82) is 0 Å². The summed E-state index contributed by atoms with van der Waals surface area (Å²) in [7, 11) is -2.49. The van der Waals surface area contributed by atoms with E-state index in [-0.39, 0.29) is 4.90 Å². The van der Waals surface area contributed by atoms with Gasteiger partial charge in [0.25, 0.3) is 11.8 Å². The molecule has 10 heteroatoms. The van der Waals surface area contributed by atoms with E-state index < -0.39 is 28.4 Å². The van der Waals surface area contributed by atoms with Gasteiger partial charge < -0.3 is 0 Å². The van der Waals surface area contributed by atoms with Gasteiger partial charge in [-0.1, -0.05) is 24.6 Å². The lowest BCUT2D eigenvalue weighted by molar-refractivity contribution is -0.121. The molecule has 2 N–H and O–H groups in total. The summed E-state index contributed by atoms with van der Waals surface area (Å²) in [5.41, 5.74) is 6.04. The second-order valence-corrected chi connectivity index (χ2v) is 9.08. The summed E-state index contributed by atoms with van der Waals surface area (Å²) < 4.78 is 25.9. The van der Waals surface area contributed by atoms with Crippen molar-refractivity contribution < 1.29 is 18.0 Å². The van der Waals surface area contributed by atoms with Gasteiger partial charge in [0.1, 0.15) is 4.88 Å². The molecule has 1 heterocycles. The highest BCUT2D eigenvalue weighted by Gasteiger charge is 2.23. The van der Waals surface area contributed by atoms with Gasteiger partial charge in [0, 0.05) is 7.05 Å². The molecular formula is C17H22N4O4S2. The van der Waals surface area contributed by atoms with Crippen molar-refractivity contribution in [1.82, 2.24) is 20.1 Å². The third-order valence-corrected chi connectivity index (χ3v) is 6.88. The molecule has 27 heavy (non-hydrogen) atoms. The second kappa shape index (κ2) is 8.59. The molecule has 2 rings (SSSR count). The first-order chi connectivity index (χ1) is 12.6. The summed E-state index contributed by atoms with van der Waals surface area (Å²) >= 11 is 1.26. The number of hydrogen-bond donors (Lipinski definition) is 2. The number of hydrogen-bond acceptors (Lipinski definition) is 6. The first kappa shape index (κ1) is 21.0. The molecule has 0 spiro atoms. The van der Waals surface area contributed by atoms with E-state index in [0.717, 1.165) is 14.9 Å². The number of nitrogens with zero attached hydrogens (tertiary/aromatic N) is 2. The molecule has 146 valence electrons. The van der Waals surface area contributed by atoms with Crippen molar-refractivity contribution in [3.8, 4) is 0 Å². The van der Waals surface area contributed by atoms with Crippen LogP contribution in [0.4, 0.5) is 0 Å². The van der Waals surface area contributed by atoms with Crippen LogP contribution in [-0.4, -0.2) is 43.1 Å². The average Bonchev–Trinajstić information content (AvgIpc) is 3.01. The van der Waals surface area contributed by atoms with Crippen molar-refractivity contribution in [2.24, 2.45) is 0 Å². The minimum Gasteiger partial charge on any atom is -0.272 e. The van der Waals surface area contributed by atoms with Crippen LogP contribution in [0.2, 0.25) is 0 Å². The van der Waals surface area contributed by atoms with Crippen molar-refractivity contribution in [2.45, 2.75) is 32.1 Å². The highest BCUT2D eigenvalue weighted by atomic mass is 32.2. The molecule has 0 aliphatic heterocycles. The van der Waals surface area contributed by atoms with Gasteiger partial charge in [-0.15, -0.1) is 11.3 Å². The molecule has 0 aliphatic carbocycles. The van der Waals surface area contributed by atoms with Crippen LogP contribution in [-0.2, 0) is 21.2 Å². The lowest BCUT2D eigenvalue weighted by atomic mass is 10.2. The number of carbonyl (C=O) groups excluding carboxylic acids is 2. The smallest absolute Gasteiger partial charge is 0.272 e. The molecule has 2 aromatic rings. The molecule has 0 saturated heterocycles. The molecule has 0 atom stereocenters. The molecule has 0 saturated carbocycles. The molecule has 0 unspecified atom stereocenters. The molecule has 0 bridgehead atoms. The maximum Gasteiger partial charge on any atom is 0.281 e. The van der Waals surface area contributed by atoms with Crippen LogP contribution in [0.25, 0.3) is 0 Å². The quantitative estimate of drug-likeness (QED) is 0.700. The van der Waals surface area contributed by atoms with E-state index >= 15 is 0 Å². The number of thiazole rings is 1. The Hall–Kier alpha value is -2.30. The first-order valence-corrected chi connectivity index (χ1v) is 10.5. The summed E-state index contributed by atoms with van der Waals surface area (Å²) in [5, 5.41) is 0.827. The highest BCUT2D eigenvalue weighted by Crippen LogP contribution is 2.18. The number of nitrogens with one attached hydrogen (secondary N) is 2. The van der Waals surface area contributed by atoms with Gasteiger partial charge in [0.15, 0.2) is 0 Å². The maximum atomic E-state index is 12.5. The third-order valence-electron chi connectivity index (χ3n) is 3.76. The molecule has 0 radical (unpaired) electrons. The summed E-state index contributed by atoms with van der Waals surface area (Å²) in [6, 6.07) is 6.34. The van der Waals surface area contributed by atoms with E-state index in [4.69, 9.17) is 0 Å². The van der Waals surface area contributed by atoms with Gasteiger partial charge in [-0.25, -0.2) is 13.4 Å². The van der Waals surface area contributed by atoms with Crippen molar-refractivity contribution in [3.63, 3.8) is 0 Å². The molecule has 2 amide bonds. The number of amides is 2. The Labute approximate surface area is 162 Å². The van der Waals surface area contributed by atoms with Gasteiger partial charge in [-0.2, -0.15) is 4.31 Å². The fourth-order valence-electron chi connectivity index (χ4n) is 2.21. The highest BCUT2D eigenvalue weighted by molar-refractivity contribution is 7.89. The average molecular weight is 411 g/mol. The van der Waals surface area contributed by atoms with E-state index in [9.17, 15) is 18.0 Å². The van der Waals surface area contributed by atoms with Crippen molar-refractivity contribution in [3.05, 3.63) is 45.4 Å². The predicted octanol–water partition coefficient (Wildman–Crippen LogP) is 1.40. The number of benzene rings is 1. The number of carbonyl (C=O) groups is 2. The van der Waals surface area contributed by atoms with Crippen LogP contribution in [0.15, 0.2) is 29.2 Å². The van der Waals surface area contributed by atoms with Crippen LogP contribution < -0.4 is 10.9 Å². The number of sulfonamides is 1. The lowest BCUT2D eigenvalue weighted by Crippen LogP contribution is -2.46.